The number of hydrogen-bond donors (Lipinski definition) is 0. The largest absolute Gasteiger partial charge is 0.483 e. The highest BCUT2D eigenvalue weighted by Crippen LogP contribution is 2.23. The van der Waals surface area contributed by atoms with Crippen LogP contribution in [0, 0.1) is 0 Å². The van der Waals surface area contributed by atoms with E-state index in [0.717, 1.165) is 10.9 Å². The number of fused-ring (bicyclic) bond motifs is 1. The van der Waals surface area contributed by atoms with Crippen LogP contribution in [0.1, 0.15) is 37.6 Å². The van der Waals surface area contributed by atoms with Crippen LogP contribution in [0.25, 0.3) is 10.9 Å². The molecule has 0 N–H and O–H groups in total. The summed E-state index contributed by atoms with van der Waals surface area (Å²) < 4.78 is 13.2. The Morgan fingerprint density at radius 2 is 2.06 bits per heavy atom. The van der Waals surface area contributed by atoms with Crippen molar-refractivity contribution in [1.29, 1.82) is 0 Å². The van der Waals surface area contributed by atoms with Gasteiger partial charge in [0.1, 0.15) is 11.6 Å². The molecule has 0 spiro atoms. The Morgan fingerprint density at radius 3 is 2.80 bits per heavy atom. The number of hydrogen-bond acceptors (Lipinski definition) is 6. The molecule has 1 aliphatic heterocycles. The molecule has 1 fully saturated rings. The predicted molar refractivity (Wildman–Crippen MR) is 140 cm³/mol. The fourth-order valence-corrected chi connectivity index (χ4v) is 4.24. The normalized spacial score (nSPS) is 15.0. The molecule has 1 atom stereocenters. The summed E-state index contributed by atoms with van der Waals surface area (Å²) >= 11 is 9.64. The van der Waals surface area contributed by atoms with E-state index in [1.165, 1.54) is 10.9 Å². The summed E-state index contributed by atoms with van der Waals surface area (Å²) in [5, 5.41) is 5.43. The molecule has 1 saturated heterocycles. The smallest absolute Gasteiger partial charge is 0.282 e. The Morgan fingerprint density at radius 1 is 1.29 bits per heavy atom. The number of morpholine rings is 1. The van der Waals surface area contributed by atoms with Crippen LogP contribution in [0.5, 0.6) is 5.75 Å². The van der Waals surface area contributed by atoms with E-state index >= 15 is 0 Å². The highest BCUT2D eigenvalue weighted by atomic mass is 79.9. The van der Waals surface area contributed by atoms with Crippen LogP contribution < -0.4 is 10.3 Å². The SMILES string of the molecule is CC[C@H](C)c1nc2ccc(Br)cc2c(=O)n1N=Cc1cc(Cl)ccc1OCC(=O)N1CCOCC1. The number of aromatic nitrogens is 2. The molecule has 1 aromatic heterocycles. The predicted octanol–water partition coefficient (Wildman–Crippen LogP) is 4.45. The van der Waals surface area contributed by atoms with Crippen molar-refractivity contribution in [2.75, 3.05) is 32.9 Å². The lowest BCUT2D eigenvalue weighted by Crippen LogP contribution is -2.43. The minimum Gasteiger partial charge on any atom is -0.483 e. The van der Waals surface area contributed by atoms with Crippen LogP contribution in [0.2, 0.25) is 5.02 Å². The second kappa shape index (κ2) is 11.3. The van der Waals surface area contributed by atoms with E-state index in [-0.39, 0.29) is 24.0 Å². The molecule has 3 aromatic rings. The Hall–Kier alpha value is -2.75. The van der Waals surface area contributed by atoms with E-state index in [1.807, 2.05) is 26.0 Å². The second-order valence-corrected chi connectivity index (χ2v) is 9.62. The zero-order valence-corrected chi connectivity index (χ0v) is 21.9. The summed E-state index contributed by atoms with van der Waals surface area (Å²) in [6.45, 7) is 6.05. The minimum absolute atomic E-state index is 0.00845. The summed E-state index contributed by atoms with van der Waals surface area (Å²) in [4.78, 5) is 32.3. The molecule has 184 valence electrons. The molecule has 0 aliphatic carbocycles. The topological polar surface area (TPSA) is 86.0 Å². The zero-order valence-electron chi connectivity index (χ0n) is 19.5. The van der Waals surface area contributed by atoms with Gasteiger partial charge in [0, 0.05) is 34.1 Å². The number of amides is 1. The van der Waals surface area contributed by atoms with Crippen LogP contribution in [-0.2, 0) is 9.53 Å². The lowest BCUT2D eigenvalue weighted by Gasteiger charge is -2.26. The van der Waals surface area contributed by atoms with Crippen LogP contribution in [0.15, 0.2) is 50.8 Å². The Bertz CT molecular complexity index is 1320. The lowest BCUT2D eigenvalue weighted by atomic mass is 10.1. The van der Waals surface area contributed by atoms with Gasteiger partial charge in [0.25, 0.3) is 11.5 Å². The summed E-state index contributed by atoms with van der Waals surface area (Å²) in [5.41, 5.74) is 0.895. The Labute approximate surface area is 216 Å². The van der Waals surface area contributed by atoms with Gasteiger partial charge in [-0.25, -0.2) is 4.98 Å². The molecular formula is C25H26BrClN4O4. The van der Waals surface area contributed by atoms with Gasteiger partial charge >= 0.3 is 0 Å². The van der Waals surface area contributed by atoms with Gasteiger partial charge in [0.05, 0.1) is 30.3 Å². The maximum absolute atomic E-state index is 13.4. The van der Waals surface area contributed by atoms with Crippen LogP contribution in [0.4, 0.5) is 0 Å². The first-order valence-electron chi connectivity index (χ1n) is 11.4. The fraction of sp³-hybridized carbons (Fsp3) is 0.360. The molecule has 1 amide bonds. The van der Waals surface area contributed by atoms with Crippen LogP contribution in [0.3, 0.4) is 0 Å². The maximum Gasteiger partial charge on any atom is 0.282 e. The van der Waals surface area contributed by atoms with Crippen molar-refractivity contribution in [3.8, 4) is 5.75 Å². The van der Waals surface area contributed by atoms with Gasteiger partial charge in [-0.1, -0.05) is 41.4 Å². The third-order valence-corrected chi connectivity index (χ3v) is 6.61. The summed E-state index contributed by atoms with van der Waals surface area (Å²) in [6.07, 6.45) is 2.30. The number of ether oxygens (including phenoxy) is 2. The average molecular weight is 562 g/mol. The van der Waals surface area contributed by atoms with Gasteiger partial charge in [-0.2, -0.15) is 9.78 Å². The van der Waals surface area contributed by atoms with Crippen molar-refractivity contribution >= 4 is 50.6 Å². The standard InChI is InChI=1S/C25H26BrClN4O4/c1-3-16(2)24-29-21-6-4-18(26)13-20(21)25(33)31(24)28-14-17-12-19(27)5-7-22(17)35-15-23(32)30-8-10-34-11-9-30/h4-7,12-14,16H,3,8-11,15H2,1-2H3/t16-/m0/s1. The third-order valence-electron chi connectivity index (χ3n) is 5.89. The van der Waals surface area contributed by atoms with Gasteiger partial charge < -0.3 is 14.4 Å². The maximum atomic E-state index is 13.4. The van der Waals surface area contributed by atoms with Crippen molar-refractivity contribution in [2.24, 2.45) is 5.10 Å². The van der Waals surface area contributed by atoms with E-state index in [9.17, 15) is 9.59 Å². The molecule has 2 heterocycles. The van der Waals surface area contributed by atoms with Gasteiger partial charge in [0.15, 0.2) is 6.61 Å². The van der Waals surface area contributed by atoms with Crippen molar-refractivity contribution in [3.63, 3.8) is 0 Å². The Balaban J connectivity index is 1.67. The fourth-order valence-electron chi connectivity index (χ4n) is 3.69. The second-order valence-electron chi connectivity index (χ2n) is 8.27. The molecule has 10 heteroatoms. The molecule has 0 bridgehead atoms. The van der Waals surface area contributed by atoms with E-state index in [2.05, 4.69) is 21.0 Å². The highest BCUT2D eigenvalue weighted by molar-refractivity contribution is 9.10. The molecule has 1 aliphatic rings. The number of benzene rings is 2. The monoisotopic (exact) mass is 560 g/mol. The van der Waals surface area contributed by atoms with Gasteiger partial charge in [0.2, 0.25) is 0 Å². The van der Waals surface area contributed by atoms with E-state index in [0.29, 0.717) is 59.4 Å². The van der Waals surface area contributed by atoms with E-state index in [1.54, 1.807) is 29.2 Å². The molecular weight excluding hydrogens is 536 g/mol. The minimum atomic E-state index is -0.269. The Kier molecular flexibility index (Phi) is 8.20. The third kappa shape index (κ3) is 5.91. The first-order valence-corrected chi connectivity index (χ1v) is 12.6. The van der Waals surface area contributed by atoms with E-state index < -0.39 is 0 Å². The first kappa shape index (κ1) is 25.3. The van der Waals surface area contributed by atoms with E-state index in [4.69, 9.17) is 26.1 Å². The molecule has 4 rings (SSSR count). The number of carbonyl (C=O) groups is 1. The average Bonchev–Trinajstić information content (AvgIpc) is 2.87. The van der Waals surface area contributed by atoms with Crippen molar-refractivity contribution < 1.29 is 14.3 Å². The van der Waals surface area contributed by atoms with Gasteiger partial charge in [-0.05, 0) is 42.8 Å². The number of carbonyl (C=O) groups excluding carboxylic acids is 1. The van der Waals surface area contributed by atoms with Crippen molar-refractivity contribution in [3.05, 3.63) is 67.6 Å². The van der Waals surface area contributed by atoms with Crippen molar-refractivity contribution in [1.82, 2.24) is 14.6 Å². The van der Waals surface area contributed by atoms with Crippen LogP contribution >= 0.6 is 27.5 Å². The molecule has 35 heavy (non-hydrogen) atoms. The summed E-state index contributed by atoms with van der Waals surface area (Å²) in [5.74, 6) is 0.893. The van der Waals surface area contributed by atoms with Gasteiger partial charge in [-0.15, -0.1) is 0 Å². The first-order chi connectivity index (χ1) is 16.9. The number of nitrogens with zero attached hydrogens (tertiary/aromatic N) is 4. The zero-order chi connectivity index (χ0) is 24.9. The van der Waals surface area contributed by atoms with Gasteiger partial charge in [-0.3, -0.25) is 9.59 Å². The summed E-state index contributed by atoms with van der Waals surface area (Å²) in [6, 6.07) is 10.5. The quantitative estimate of drug-likeness (QED) is 0.398. The molecule has 2 aromatic carbocycles. The summed E-state index contributed by atoms with van der Waals surface area (Å²) in [7, 11) is 0. The molecule has 0 saturated carbocycles. The number of rotatable bonds is 7. The molecule has 0 radical (unpaired) electrons. The molecule has 0 unspecified atom stereocenters. The lowest BCUT2D eigenvalue weighted by molar-refractivity contribution is -0.137. The molecule has 8 nitrogen and oxygen atoms in total. The van der Waals surface area contributed by atoms with Crippen LogP contribution in [-0.4, -0.2) is 59.6 Å². The van der Waals surface area contributed by atoms with Crippen molar-refractivity contribution in [2.45, 2.75) is 26.2 Å². The number of halogens is 2. The highest BCUT2D eigenvalue weighted by Gasteiger charge is 2.18.